The normalized spacial score (nSPS) is 11.1. The molecule has 168 valence electrons. The van der Waals surface area contributed by atoms with E-state index in [1.54, 1.807) is 31.2 Å². The fraction of sp³-hybridized carbons (Fsp3) is 0.160. The van der Waals surface area contributed by atoms with Crippen molar-refractivity contribution in [1.82, 2.24) is 0 Å². The van der Waals surface area contributed by atoms with Gasteiger partial charge in [0.05, 0.1) is 0 Å². The summed E-state index contributed by atoms with van der Waals surface area (Å²) in [6.07, 6.45) is 0.685. The van der Waals surface area contributed by atoms with Gasteiger partial charge in [0, 0.05) is 40.1 Å². The Labute approximate surface area is 186 Å². The highest BCUT2D eigenvalue weighted by Gasteiger charge is 2.25. The van der Waals surface area contributed by atoms with Gasteiger partial charge in [0.2, 0.25) is 12.2 Å². The lowest BCUT2D eigenvalue weighted by Crippen LogP contribution is -2.13. The molecule has 1 heterocycles. The van der Waals surface area contributed by atoms with Crippen molar-refractivity contribution in [3.05, 3.63) is 74.9 Å². The van der Waals surface area contributed by atoms with Crippen molar-refractivity contribution >= 4 is 23.2 Å². The van der Waals surface area contributed by atoms with Crippen LogP contribution in [0.3, 0.4) is 0 Å². The van der Waals surface area contributed by atoms with Crippen molar-refractivity contribution in [2.45, 2.75) is 20.8 Å². The zero-order valence-electron chi connectivity index (χ0n) is 18.0. The second kappa shape index (κ2) is 8.46. The standard InChI is InChI=1S/C25H18F2O6/c1-12-22(30)19(26)8-17-21(16-6-4-15(10-28)5-7-16)18-9-20(27)25(32-11-31-14(3)29)13(2)24(18)33-23(12)17/h4-10H,11H2,1-3H3. The Balaban J connectivity index is 2.08. The molecular formula is C25H18F2O6. The van der Waals surface area contributed by atoms with E-state index >= 15 is 4.39 Å². The number of fused-ring (bicyclic) bond motifs is 2. The topological polar surface area (TPSA) is 82.8 Å². The predicted octanol–water partition coefficient (Wildman–Crippen LogP) is 5.17. The molecule has 0 fully saturated rings. The number of benzene rings is 3. The van der Waals surface area contributed by atoms with Crippen LogP contribution in [-0.4, -0.2) is 19.0 Å². The molecule has 1 aliphatic heterocycles. The maximum absolute atomic E-state index is 15.1. The largest absolute Gasteiger partial charge is 0.455 e. The molecule has 0 spiro atoms. The van der Waals surface area contributed by atoms with Crippen LogP contribution in [-0.2, 0) is 9.53 Å². The first kappa shape index (κ1) is 22.1. The van der Waals surface area contributed by atoms with Crippen LogP contribution in [0.5, 0.6) is 5.75 Å². The summed E-state index contributed by atoms with van der Waals surface area (Å²) < 4.78 is 45.5. The molecule has 0 saturated heterocycles. The zero-order chi connectivity index (χ0) is 23.9. The minimum absolute atomic E-state index is 0.0590. The number of aldehydes is 1. The van der Waals surface area contributed by atoms with Crippen LogP contribution in [0.4, 0.5) is 8.78 Å². The van der Waals surface area contributed by atoms with E-state index in [0.717, 1.165) is 6.07 Å². The summed E-state index contributed by atoms with van der Waals surface area (Å²) in [5, 5.41) is 0.314. The highest BCUT2D eigenvalue weighted by Crippen LogP contribution is 2.44. The minimum Gasteiger partial charge on any atom is -0.455 e. The average Bonchev–Trinajstić information content (AvgIpc) is 2.79. The fourth-order valence-electron chi connectivity index (χ4n) is 3.75. The number of carbonyl (C=O) groups is 2. The highest BCUT2D eigenvalue weighted by molar-refractivity contribution is 6.04. The van der Waals surface area contributed by atoms with E-state index in [9.17, 15) is 18.8 Å². The monoisotopic (exact) mass is 452 g/mol. The summed E-state index contributed by atoms with van der Waals surface area (Å²) in [5.74, 6) is -2.34. The van der Waals surface area contributed by atoms with Gasteiger partial charge in [0.15, 0.2) is 17.4 Å². The van der Waals surface area contributed by atoms with Gasteiger partial charge in [-0.2, -0.15) is 0 Å². The first-order chi connectivity index (χ1) is 15.7. The summed E-state index contributed by atoms with van der Waals surface area (Å²) in [6, 6.07) is 8.69. The molecule has 2 aromatic carbocycles. The Bertz CT molecular complexity index is 1440. The number of rotatable bonds is 5. The Morgan fingerprint density at radius 1 is 1.06 bits per heavy atom. The van der Waals surface area contributed by atoms with Crippen LogP contribution in [0, 0.1) is 25.5 Å². The summed E-state index contributed by atoms with van der Waals surface area (Å²) in [5.41, 5.74) is 1.44. The molecule has 0 bridgehead atoms. The Kier molecular flexibility index (Phi) is 5.68. The second-order valence-electron chi connectivity index (χ2n) is 7.49. The third kappa shape index (κ3) is 3.84. The Morgan fingerprint density at radius 2 is 1.76 bits per heavy atom. The van der Waals surface area contributed by atoms with Crippen molar-refractivity contribution in [1.29, 1.82) is 0 Å². The predicted molar refractivity (Wildman–Crippen MR) is 117 cm³/mol. The molecule has 4 rings (SSSR count). The fourth-order valence-corrected chi connectivity index (χ4v) is 3.75. The molecule has 33 heavy (non-hydrogen) atoms. The minimum atomic E-state index is -0.959. The number of esters is 1. The Morgan fingerprint density at radius 3 is 2.39 bits per heavy atom. The molecular weight excluding hydrogens is 434 g/mol. The van der Waals surface area contributed by atoms with E-state index in [1.165, 1.54) is 19.9 Å². The lowest BCUT2D eigenvalue weighted by molar-refractivity contribution is -0.147. The van der Waals surface area contributed by atoms with Gasteiger partial charge in [-0.1, -0.05) is 24.3 Å². The van der Waals surface area contributed by atoms with Gasteiger partial charge < -0.3 is 13.9 Å². The van der Waals surface area contributed by atoms with Gasteiger partial charge in [-0.15, -0.1) is 0 Å². The smallest absolute Gasteiger partial charge is 0.305 e. The summed E-state index contributed by atoms with van der Waals surface area (Å²) in [4.78, 5) is 34.3. The number of ether oxygens (including phenoxy) is 2. The second-order valence-corrected chi connectivity index (χ2v) is 7.49. The zero-order valence-corrected chi connectivity index (χ0v) is 18.0. The van der Waals surface area contributed by atoms with Gasteiger partial charge in [0.25, 0.3) is 0 Å². The van der Waals surface area contributed by atoms with E-state index in [2.05, 4.69) is 0 Å². The van der Waals surface area contributed by atoms with E-state index in [4.69, 9.17) is 13.9 Å². The molecule has 0 radical (unpaired) electrons. The van der Waals surface area contributed by atoms with Crippen molar-refractivity contribution in [3.8, 4) is 28.2 Å². The molecule has 0 saturated carbocycles. The van der Waals surface area contributed by atoms with Gasteiger partial charge in [-0.25, -0.2) is 8.78 Å². The van der Waals surface area contributed by atoms with Gasteiger partial charge >= 0.3 is 5.97 Å². The summed E-state index contributed by atoms with van der Waals surface area (Å²) in [7, 11) is 0. The van der Waals surface area contributed by atoms with Crippen molar-refractivity contribution in [3.63, 3.8) is 0 Å². The highest BCUT2D eigenvalue weighted by atomic mass is 19.1. The maximum atomic E-state index is 15.1. The number of hydrogen-bond donors (Lipinski definition) is 0. The molecule has 6 nitrogen and oxygen atoms in total. The quantitative estimate of drug-likeness (QED) is 0.180. The van der Waals surface area contributed by atoms with E-state index < -0.39 is 29.8 Å². The van der Waals surface area contributed by atoms with E-state index in [-0.39, 0.29) is 33.8 Å². The first-order valence-electron chi connectivity index (χ1n) is 9.93. The van der Waals surface area contributed by atoms with Gasteiger partial charge in [-0.05, 0) is 31.5 Å². The number of halogens is 2. The maximum Gasteiger partial charge on any atom is 0.305 e. The van der Waals surface area contributed by atoms with Crippen molar-refractivity contribution in [2.24, 2.45) is 0 Å². The first-order valence-corrected chi connectivity index (χ1v) is 9.93. The van der Waals surface area contributed by atoms with E-state index in [1.807, 2.05) is 0 Å². The van der Waals surface area contributed by atoms with Gasteiger partial charge in [0.1, 0.15) is 17.6 Å². The molecule has 0 N–H and O–H groups in total. The van der Waals surface area contributed by atoms with Crippen LogP contribution < -0.4 is 10.2 Å². The molecule has 1 aliphatic carbocycles. The molecule has 0 aromatic heterocycles. The number of carbonyl (C=O) groups excluding carboxylic acids is 2. The molecule has 2 aliphatic rings. The van der Waals surface area contributed by atoms with Crippen LogP contribution in [0.1, 0.15) is 28.4 Å². The van der Waals surface area contributed by atoms with E-state index in [0.29, 0.717) is 28.4 Å². The molecule has 2 aromatic rings. The van der Waals surface area contributed by atoms with Crippen LogP contribution in [0.15, 0.2) is 45.6 Å². The molecule has 0 amide bonds. The molecule has 8 heteroatoms. The average molecular weight is 452 g/mol. The lowest BCUT2D eigenvalue weighted by Gasteiger charge is -2.19. The SMILES string of the molecule is CC(=O)OCOc1c(F)cc2c(-c3ccc(C=O)cc3)c3cc(F)c(=O)c(C)c-3oc2c1C. The van der Waals surface area contributed by atoms with Gasteiger partial charge in [-0.3, -0.25) is 14.4 Å². The molecule has 0 unspecified atom stereocenters. The third-order valence-electron chi connectivity index (χ3n) is 5.37. The van der Waals surface area contributed by atoms with Crippen LogP contribution in [0.2, 0.25) is 0 Å². The third-order valence-corrected chi connectivity index (χ3v) is 5.37. The summed E-state index contributed by atoms with van der Waals surface area (Å²) >= 11 is 0. The number of hydrogen-bond acceptors (Lipinski definition) is 6. The summed E-state index contributed by atoms with van der Waals surface area (Å²) in [6.45, 7) is 3.69. The van der Waals surface area contributed by atoms with Crippen molar-refractivity contribution in [2.75, 3.05) is 6.79 Å². The number of aryl methyl sites for hydroxylation is 1. The van der Waals surface area contributed by atoms with Crippen LogP contribution >= 0.6 is 0 Å². The molecule has 0 atom stereocenters. The van der Waals surface area contributed by atoms with Crippen molar-refractivity contribution < 1.29 is 32.3 Å². The lowest BCUT2D eigenvalue weighted by atomic mass is 9.90. The Hall–Kier alpha value is -4.07. The van der Waals surface area contributed by atoms with Crippen LogP contribution in [0.25, 0.3) is 33.4 Å².